The minimum Gasteiger partial charge on any atom is -0.467 e. The zero-order chi connectivity index (χ0) is 20.2. The second kappa shape index (κ2) is 8.36. The van der Waals surface area contributed by atoms with E-state index in [1.807, 2.05) is 0 Å². The first kappa shape index (κ1) is 20.4. The first-order valence-corrected chi connectivity index (χ1v) is 10.8. The van der Waals surface area contributed by atoms with Crippen molar-refractivity contribution in [2.24, 2.45) is 0 Å². The van der Waals surface area contributed by atoms with E-state index in [2.05, 4.69) is 10.6 Å². The number of halogens is 1. The molecule has 1 fully saturated rings. The third kappa shape index (κ3) is 4.07. The van der Waals surface area contributed by atoms with E-state index in [9.17, 15) is 18.0 Å². The number of carbonyl (C=O) groups excluding carboxylic acids is 2. The monoisotopic (exact) mass is 424 g/mol. The molecule has 1 saturated carbocycles. The van der Waals surface area contributed by atoms with Crippen molar-refractivity contribution < 1.29 is 22.4 Å². The lowest BCUT2D eigenvalue weighted by atomic mass is 10.1. The average molecular weight is 425 g/mol. The van der Waals surface area contributed by atoms with E-state index in [1.54, 1.807) is 12.1 Å². The van der Waals surface area contributed by atoms with Crippen molar-refractivity contribution in [2.75, 3.05) is 6.54 Å². The first-order valence-electron chi connectivity index (χ1n) is 8.93. The van der Waals surface area contributed by atoms with Gasteiger partial charge in [0.15, 0.2) is 14.6 Å². The Balaban J connectivity index is 1.69. The molecule has 2 aromatic rings. The van der Waals surface area contributed by atoms with Crippen molar-refractivity contribution in [1.29, 1.82) is 0 Å². The van der Waals surface area contributed by atoms with E-state index in [0.717, 1.165) is 0 Å². The predicted octanol–water partition coefficient (Wildman–Crippen LogP) is 2.45. The summed E-state index contributed by atoms with van der Waals surface area (Å²) in [6, 6.07) is 9.19. The Labute approximate surface area is 168 Å². The van der Waals surface area contributed by atoms with Crippen molar-refractivity contribution in [1.82, 2.24) is 10.6 Å². The Morgan fingerprint density at radius 2 is 1.75 bits per heavy atom. The molecule has 1 aliphatic rings. The van der Waals surface area contributed by atoms with Gasteiger partial charge in [0.25, 0.3) is 0 Å². The molecule has 3 rings (SSSR count). The summed E-state index contributed by atoms with van der Waals surface area (Å²) in [5.41, 5.74) is 0. The highest BCUT2D eigenvalue weighted by Crippen LogP contribution is 2.41. The fourth-order valence-corrected chi connectivity index (χ4v) is 5.60. The normalized spacial score (nSPS) is 15.9. The summed E-state index contributed by atoms with van der Waals surface area (Å²) in [6.07, 6.45) is 3.19. The van der Waals surface area contributed by atoms with E-state index >= 15 is 0 Å². The smallest absolute Gasteiger partial charge is 0.242 e. The Kier molecular flexibility index (Phi) is 6.10. The van der Waals surface area contributed by atoms with Crippen LogP contribution in [0.15, 0.2) is 52.0 Å². The van der Waals surface area contributed by atoms with Crippen LogP contribution >= 0.6 is 11.6 Å². The van der Waals surface area contributed by atoms with E-state index in [1.165, 1.54) is 30.5 Å². The maximum Gasteiger partial charge on any atom is 0.242 e. The quantitative estimate of drug-likeness (QED) is 0.710. The van der Waals surface area contributed by atoms with Gasteiger partial charge < -0.3 is 15.1 Å². The van der Waals surface area contributed by atoms with Crippen molar-refractivity contribution in [3.63, 3.8) is 0 Å². The van der Waals surface area contributed by atoms with Crippen molar-refractivity contribution in [3.05, 3.63) is 53.4 Å². The molecule has 1 aromatic heterocycles. The molecule has 0 radical (unpaired) electrons. The molecule has 0 aliphatic heterocycles. The SMILES string of the molecule is O=C(CNC(=O)C1(S(=O)(=O)c2ccc(Cl)cc2)CCCC1)NCc1ccco1. The molecule has 2 amide bonds. The molecule has 0 spiro atoms. The van der Waals surface area contributed by atoms with Crippen molar-refractivity contribution in [3.8, 4) is 0 Å². The van der Waals surface area contributed by atoms with E-state index < -0.39 is 26.4 Å². The van der Waals surface area contributed by atoms with Gasteiger partial charge in [0.05, 0.1) is 24.2 Å². The van der Waals surface area contributed by atoms with Gasteiger partial charge in [0.2, 0.25) is 11.8 Å². The summed E-state index contributed by atoms with van der Waals surface area (Å²) >= 11 is 5.84. The molecule has 9 heteroatoms. The third-order valence-electron chi connectivity index (χ3n) is 4.91. The van der Waals surface area contributed by atoms with Crippen LogP contribution in [0.5, 0.6) is 0 Å². The maximum atomic E-state index is 13.2. The molecule has 0 unspecified atom stereocenters. The highest BCUT2D eigenvalue weighted by Gasteiger charge is 2.52. The zero-order valence-corrected chi connectivity index (χ0v) is 16.7. The van der Waals surface area contributed by atoms with Crippen LogP contribution in [0, 0.1) is 0 Å². The topological polar surface area (TPSA) is 105 Å². The summed E-state index contributed by atoms with van der Waals surface area (Å²) in [4.78, 5) is 24.9. The summed E-state index contributed by atoms with van der Waals surface area (Å²) in [5.74, 6) is -0.493. The largest absolute Gasteiger partial charge is 0.467 e. The van der Waals surface area contributed by atoms with Crippen LogP contribution in [-0.2, 0) is 26.0 Å². The molecule has 1 heterocycles. The number of furan rings is 1. The first-order chi connectivity index (χ1) is 13.3. The van der Waals surface area contributed by atoms with Crippen LogP contribution in [0.4, 0.5) is 0 Å². The minimum atomic E-state index is -3.93. The lowest BCUT2D eigenvalue weighted by molar-refractivity contribution is -0.127. The van der Waals surface area contributed by atoms with Gasteiger partial charge in [0.1, 0.15) is 5.76 Å². The zero-order valence-electron chi connectivity index (χ0n) is 15.1. The van der Waals surface area contributed by atoms with Crippen LogP contribution in [-0.4, -0.2) is 31.5 Å². The molecule has 2 N–H and O–H groups in total. The summed E-state index contributed by atoms with van der Waals surface area (Å²) < 4.78 is 30.0. The van der Waals surface area contributed by atoms with Crippen LogP contribution in [0.1, 0.15) is 31.4 Å². The number of hydrogen-bond acceptors (Lipinski definition) is 5. The summed E-state index contributed by atoms with van der Waals surface area (Å²) in [6.45, 7) is -0.118. The van der Waals surface area contributed by atoms with Crippen LogP contribution in [0.3, 0.4) is 0 Å². The van der Waals surface area contributed by atoms with Gasteiger partial charge >= 0.3 is 0 Å². The molecule has 150 valence electrons. The van der Waals surface area contributed by atoms with Crippen LogP contribution in [0.2, 0.25) is 5.02 Å². The average Bonchev–Trinajstić information content (AvgIpc) is 3.37. The van der Waals surface area contributed by atoms with Crippen LogP contribution in [0.25, 0.3) is 0 Å². The molecular formula is C19H21ClN2O5S. The van der Waals surface area contributed by atoms with Gasteiger partial charge in [0, 0.05) is 5.02 Å². The number of rotatable bonds is 7. The summed E-state index contributed by atoms with van der Waals surface area (Å²) in [5, 5.41) is 5.52. The van der Waals surface area contributed by atoms with E-state index in [0.29, 0.717) is 23.6 Å². The highest BCUT2D eigenvalue weighted by atomic mass is 35.5. The predicted molar refractivity (Wildman–Crippen MR) is 103 cm³/mol. The molecule has 0 atom stereocenters. The Morgan fingerprint density at radius 1 is 1.07 bits per heavy atom. The van der Waals surface area contributed by atoms with Gasteiger partial charge in [-0.05, 0) is 49.2 Å². The Morgan fingerprint density at radius 3 is 2.36 bits per heavy atom. The molecule has 0 saturated heterocycles. The molecule has 0 bridgehead atoms. The number of amides is 2. The van der Waals surface area contributed by atoms with Gasteiger partial charge in [-0.25, -0.2) is 8.42 Å². The molecule has 1 aliphatic carbocycles. The number of hydrogen-bond donors (Lipinski definition) is 2. The highest BCUT2D eigenvalue weighted by molar-refractivity contribution is 7.93. The number of sulfone groups is 1. The second-order valence-corrected chi connectivity index (χ2v) is 9.39. The van der Waals surface area contributed by atoms with Crippen LogP contribution < -0.4 is 10.6 Å². The molecular weight excluding hydrogens is 404 g/mol. The molecule has 1 aromatic carbocycles. The van der Waals surface area contributed by atoms with E-state index in [-0.39, 0.29) is 30.8 Å². The standard InChI is InChI=1S/C19H21ClN2O5S/c20-14-5-7-16(8-6-14)28(25,26)19(9-1-2-10-19)18(24)22-13-17(23)21-12-15-4-3-11-27-15/h3-8,11H,1-2,9-10,12-13H2,(H,21,23)(H,22,24). The molecule has 28 heavy (non-hydrogen) atoms. The Hall–Kier alpha value is -2.32. The maximum absolute atomic E-state index is 13.2. The van der Waals surface area contributed by atoms with Gasteiger partial charge in [-0.15, -0.1) is 0 Å². The fraction of sp³-hybridized carbons (Fsp3) is 0.368. The van der Waals surface area contributed by atoms with Gasteiger partial charge in [-0.1, -0.05) is 24.4 Å². The third-order valence-corrected chi connectivity index (χ3v) is 7.68. The number of carbonyl (C=O) groups is 2. The Bertz CT molecular complexity index is 933. The van der Waals surface area contributed by atoms with E-state index in [4.69, 9.17) is 16.0 Å². The number of nitrogens with one attached hydrogen (secondary N) is 2. The van der Waals surface area contributed by atoms with Crippen molar-refractivity contribution >= 4 is 33.3 Å². The summed E-state index contributed by atoms with van der Waals surface area (Å²) in [7, 11) is -3.93. The fourth-order valence-electron chi connectivity index (χ4n) is 3.39. The second-order valence-electron chi connectivity index (χ2n) is 6.70. The number of benzene rings is 1. The van der Waals surface area contributed by atoms with Crippen molar-refractivity contribution in [2.45, 2.75) is 41.9 Å². The van der Waals surface area contributed by atoms with Gasteiger partial charge in [-0.2, -0.15) is 0 Å². The lowest BCUT2D eigenvalue weighted by Gasteiger charge is -2.27. The lowest BCUT2D eigenvalue weighted by Crippen LogP contribution is -2.52. The minimum absolute atomic E-state index is 0.0521. The van der Waals surface area contributed by atoms with Gasteiger partial charge in [-0.3, -0.25) is 9.59 Å². The molecule has 7 nitrogen and oxygen atoms in total.